The Balaban J connectivity index is 3.19. The summed E-state index contributed by atoms with van der Waals surface area (Å²) in [5, 5.41) is 1.34. The van der Waals surface area contributed by atoms with Gasteiger partial charge in [-0.3, -0.25) is 0 Å². The van der Waals surface area contributed by atoms with E-state index in [9.17, 15) is 4.57 Å². The van der Waals surface area contributed by atoms with Crippen molar-refractivity contribution in [3.63, 3.8) is 0 Å². The highest BCUT2D eigenvalue weighted by atomic mass is 35.7. The fraction of sp³-hybridized carbons (Fsp3) is 0. The Morgan fingerprint density at radius 2 is 1.55 bits per heavy atom. The van der Waals surface area contributed by atoms with Crippen LogP contribution in [0.2, 0.25) is 10.0 Å². The average molecular weight is 228 g/mol. The van der Waals surface area contributed by atoms with Crippen LogP contribution < -0.4 is 5.30 Å². The molecule has 0 heterocycles. The number of hydrogen-bond donors (Lipinski definition) is 0. The molecule has 0 amide bonds. The van der Waals surface area contributed by atoms with Gasteiger partial charge < -0.3 is 0 Å². The lowest BCUT2D eigenvalue weighted by Crippen LogP contribution is -1.91. The van der Waals surface area contributed by atoms with Crippen molar-refractivity contribution in [2.75, 3.05) is 0 Å². The van der Waals surface area contributed by atoms with Gasteiger partial charge in [-0.25, -0.2) is 0 Å². The Bertz CT molecular complexity index is 280. The van der Waals surface area contributed by atoms with Crippen molar-refractivity contribution in [1.82, 2.24) is 0 Å². The molecule has 1 aromatic carbocycles. The summed E-state index contributed by atoms with van der Waals surface area (Å²) < 4.78 is 10.7. The molecule has 0 N–H and O–H groups in total. The minimum absolute atomic E-state index is 0.441. The van der Waals surface area contributed by atoms with Crippen molar-refractivity contribution in [3.05, 3.63) is 28.2 Å². The third kappa shape index (κ3) is 2.61. The highest BCUT2D eigenvalue weighted by molar-refractivity contribution is 7.80. The largest absolute Gasteiger partial charge is 0.494 e. The van der Waals surface area contributed by atoms with Crippen molar-refractivity contribution < 1.29 is 4.57 Å². The minimum atomic E-state index is -1.87. The van der Waals surface area contributed by atoms with Crippen LogP contribution in [0, 0.1) is 0 Å². The molecule has 0 aromatic heterocycles. The van der Waals surface area contributed by atoms with Crippen LogP contribution in [-0.2, 0) is 4.57 Å². The minimum Gasteiger partial charge on any atom is -0.0841 e. The number of hydrogen-bond acceptors (Lipinski definition) is 1. The zero-order chi connectivity index (χ0) is 8.43. The van der Waals surface area contributed by atoms with Gasteiger partial charge in [-0.2, -0.15) is 0 Å². The molecule has 0 aliphatic heterocycles. The molecule has 1 aromatic rings. The van der Waals surface area contributed by atoms with Crippen LogP contribution in [0.15, 0.2) is 18.2 Å². The number of benzene rings is 1. The number of rotatable bonds is 1. The highest BCUT2D eigenvalue weighted by Gasteiger charge is 2.17. The monoisotopic (exact) mass is 227 g/mol. The highest BCUT2D eigenvalue weighted by Crippen LogP contribution is 2.28. The summed E-state index contributed by atoms with van der Waals surface area (Å²) in [6.45, 7) is 0. The van der Waals surface area contributed by atoms with E-state index < -0.39 is 7.15 Å². The van der Waals surface area contributed by atoms with E-state index in [0.717, 1.165) is 0 Å². The van der Waals surface area contributed by atoms with Crippen LogP contribution >= 0.6 is 41.6 Å². The molecule has 0 saturated heterocycles. The van der Waals surface area contributed by atoms with Crippen molar-refractivity contribution >= 4 is 46.9 Å². The first-order valence-electron chi connectivity index (χ1n) is 2.69. The van der Waals surface area contributed by atoms with E-state index in [0.29, 0.717) is 15.3 Å². The molecule has 0 aliphatic rings. The summed E-state index contributed by atoms with van der Waals surface area (Å²) in [7, 11) is -1.87. The lowest BCUT2D eigenvalue weighted by molar-refractivity contribution is 0.600. The van der Waals surface area contributed by atoms with Crippen molar-refractivity contribution in [1.29, 1.82) is 0 Å². The second-order valence-electron chi connectivity index (χ2n) is 1.87. The Morgan fingerprint density at radius 3 is 1.91 bits per heavy atom. The van der Waals surface area contributed by atoms with Crippen LogP contribution in [0.1, 0.15) is 0 Å². The molecule has 0 saturated carbocycles. The van der Waals surface area contributed by atoms with Gasteiger partial charge in [0.2, 0.25) is 16.5 Å². The van der Waals surface area contributed by atoms with Gasteiger partial charge in [0.05, 0.1) is 0 Å². The van der Waals surface area contributed by atoms with Gasteiger partial charge in [-0.15, -0.1) is 0 Å². The second-order valence-corrected chi connectivity index (χ2v) is 4.67. The summed E-state index contributed by atoms with van der Waals surface area (Å²) in [5.74, 6) is 0. The van der Waals surface area contributed by atoms with E-state index in [1.165, 1.54) is 12.1 Å². The third-order valence-electron chi connectivity index (χ3n) is 1.05. The standard InChI is InChI=1S/C6H3Cl3OP/c7-4-1-5(8)3-6(2-4)11(9)10/h1-3H/q+1. The quantitative estimate of drug-likeness (QED) is 0.671. The molecule has 1 rings (SSSR count). The van der Waals surface area contributed by atoms with Crippen molar-refractivity contribution in [3.8, 4) is 0 Å². The summed E-state index contributed by atoms with van der Waals surface area (Å²) in [5.41, 5.74) is 0. The van der Waals surface area contributed by atoms with Gasteiger partial charge in [0.15, 0.2) is 0 Å². The molecule has 0 fully saturated rings. The average Bonchev–Trinajstić information content (AvgIpc) is 1.85. The van der Waals surface area contributed by atoms with E-state index in [4.69, 9.17) is 34.4 Å². The van der Waals surface area contributed by atoms with E-state index >= 15 is 0 Å². The zero-order valence-electron chi connectivity index (χ0n) is 5.22. The molecule has 0 radical (unpaired) electrons. The van der Waals surface area contributed by atoms with Crippen LogP contribution in [0.4, 0.5) is 0 Å². The molecular weight excluding hydrogens is 225 g/mol. The van der Waals surface area contributed by atoms with E-state index in [1.54, 1.807) is 6.07 Å². The number of halogens is 3. The molecule has 58 valence electrons. The van der Waals surface area contributed by atoms with E-state index in [2.05, 4.69) is 0 Å². The predicted molar refractivity (Wildman–Crippen MR) is 49.6 cm³/mol. The normalized spacial score (nSPS) is 11.4. The molecule has 11 heavy (non-hydrogen) atoms. The van der Waals surface area contributed by atoms with Gasteiger partial charge in [-0.1, -0.05) is 23.2 Å². The maximum Gasteiger partial charge on any atom is 0.494 e. The van der Waals surface area contributed by atoms with Crippen LogP contribution in [0.25, 0.3) is 0 Å². The lowest BCUT2D eigenvalue weighted by atomic mass is 10.4. The van der Waals surface area contributed by atoms with Gasteiger partial charge in [0.1, 0.15) is 0 Å². The van der Waals surface area contributed by atoms with Crippen molar-refractivity contribution in [2.24, 2.45) is 0 Å². The first-order valence-corrected chi connectivity index (χ1v) is 5.61. The SMILES string of the molecule is O=[P+](Cl)c1cc(Cl)cc(Cl)c1. The first kappa shape index (κ1) is 9.28. The second kappa shape index (κ2) is 3.73. The van der Waals surface area contributed by atoms with Crippen LogP contribution in [0.3, 0.4) is 0 Å². The molecule has 0 spiro atoms. The third-order valence-corrected chi connectivity index (χ3v) is 2.74. The summed E-state index contributed by atoms with van der Waals surface area (Å²) in [6.07, 6.45) is 0. The topological polar surface area (TPSA) is 17.1 Å². The Morgan fingerprint density at radius 1 is 1.09 bits per heavy atom. The fourth-order valence-corrected chi connectivity index (χ4v) is 2.09. The first-order chi connectivity index (χ1) is 5.09. The lowest BCUT2D eigenvalue weighted by Gasteiger charge is -1.89. The molecule has 1 atom stereocenters. The molecule has 0 aliphatic carbocycles. The summed E-state index contributed by atoms with van der Waals surface area (Å²) in [6, 6.07) is 4.61. The van der Waals surface area contributed by atoms with Gasteiger partial charge in [0.25, 0.3) is 0 Å². The Hall–Kier alpha value is 0.190. The predicted octanol–water partition coefficient (Wildman–Crippen LogP) is 3.60. The van der Waals surface area contributed by atoms with Crippen molar-refractivity contribution in [2.45, 2.75) is 0 Å². The zero-order valence-corrected chi connectivity index (χ0v) is 8.38. The molecule has 1 unspecified atom stereocenters. The molecular formula is C6H3Cl3OP+. The van der Waals surface area contributed by atoms with Gasteiger partial charge in [-0.05, 0) is 10.6 Å². The van der Waals surface area contributed by atoms with Gasteiger partial charge >= 0.3 is 7.15 Å². The fourth-order valence-electron chi connectivity index (χ4n) is 0.641. The smallest absolute Gasteiger partial charge is 0.0841 e. The van der Waals surface area contributed by atoms with E-state index in [1.807, 2.05) is 0 Å². The van der Waals surface area contributed by atoms with Gasteiger partial charge in [0, 0.05) is 22.2 Å². The summed E-state index contributed by atoms with van der Waals surface area (Å²) in [4.78, 5) is 0. The van der Waals surface area contributed by atoms with E-state index in [-0.39, 0.29) is 0 Å². The molecule has 0 bridgehead atoms. The maximum atomic E-state index is 10.7. The maximum absolute atomic E-state index is 10.7. The van der Waals surface area contributed by atoms with Crippen LogP contribution in [-0.4, -0.2) is 0 Å². The Kier molecular flexibility index (Phi) is 3.15. The molecule has 5 heteroatoms. The summed E-state index contributed by atoms with van der Waals surface area (Å²) >= 11 is 16.6. The van der Waals surface area contributed by atoms with Crippen LogP contribution in [0.5, 0.6) is 0 Å². The molecule has 1 nitrogen and oxygen atoms in total. The Labute approximate surface area is 79.8 Å².